The quantitative estimate of drug-likeness (QED) is 0.856. The third kappa shape index (κ3) is 4.13. The lowest BCUT2D eigenvalue weighted by molar-refractivity contribution is -0.137. The SMILES string of the molecule is Cc1nc(N2C[C@H](C)OC(C)(C)C2)nnc1-c1ccc(C(F)(F)F)cc1O. The molecule has 0 spiro atoms. The molecule has 2 heterocycles. The number of aromatic hydroxyl groups is 1. The minimum absolute atomic E-state index is 0.00344. The van der Waals surface area contributed by atoms with Crippen molar-refractivity contribution in [2.45, 2.75) is 45.6 Å². The van der Waals surface area contributed by atoms with Gasteiger partial charge in [0.1, 0.15) is 11.4 Å². The molecule has 0 aliphatic carbocycles. The molecule has 1 aliphatic heterocycles. The Labute approximate surface area is 155 Å². The van der Waals surface area contributed by atoms with Gasteiger partial charge in [-0.05, 0) is 45.9 Å². The lowest BCUT2D eigenvalue weighted by Gasteiger charge is -2.41. The van der Waals surface area contributed by atoms with Gasteiger partial charge in [-0.2, -0.15) is 13.2 Å². The maximum atomic E-state index is 12.8. The summed E-state index contributed by atoms with van der Waals surface area (Å²) in [4.78, 5) is 6.41. The van der Waals surface area contributed by atoms with Crippen molar-refractivity contribution in [1.29, 1.82) is 0 Å². The van der Waals surface area contributed by atoms with E-state index in [9.17, 15) is 18.3 Å². The Kier molecular flexibility index (Phi) is 4.75. The summed E-state index contributed by atoms with van der Waals surface area (Å²) >= 11 is 0. The van der Waals surface area contributed by atoms with Crippen LogP contribution in [0, 0.1) is 6.92 Å². The van der Waals surface area contributed by atoms with Crippen molar-refractivity contribution in [3.63, 3.8) is 0 Å². The maximum absolute atomic E-state index is 12.8. The predicted octanol–water partition coefficient (Wildman–Crippen LogP) is 3.58. The number of ether oxygens (including phenoxy) is 1. The van der Waals surface area contributed by atoms with Crippen molar-refractivity contribution >= 4 is 5.95 Å². The number of anilines is 1. The Hall–Kier alpha value is -2.42. The van der Waals surface area contributed by atoms with E-state index in [0.29, 0.717) is 30.8 Å². The van der Waals surface area contributed by atoms with Gasteiger partial charge in [0.25, 0.3) is 0 Å². The van der Waals surface area contributed by atoms with Crippen LogP contribution < -0.4 is 4.90 Å². The van der Waals surface area contributed by atoms with Crippen LogP contribution in [-0.2, 0) is 10.9 Å². The van der Waals surface area contributed by atoms with Crippen LogP contribution in [-0.4, -0.2) is 45.1 Å². The summed E-state index contributed by atoms with van der Waals surface area (Å²) in [6.45, 7) is 8.79. The summed E-state index contributed by atoms with van der Waals surface area (Å²) in [5, 5.41) is 18.3. The number of hydrogen-bond donors (Lipinski definition) is 1. The van der Waals surface area contributed by atoms with Gasteiger partial charge in [0.05, 0.1) is 23.0 Å². The lowest BCUT2D eigenvalue weighted by Crippen LogP contribution is -2.52. The number of phenolic OH excluding ortho intramolecular Hbond substituents is 1. The van der Waals surface area contributed by atoms with E-state index in [0.717, 1.165) is 6.07 Å². The Morgan fingerprint density at radius 3 is 2.52 bits per heavy atom. The van der Waals surface area contributed by atoms with E-state index < -0.39 is 17.5 Å². The summed E-state index contributed by atoms with van der Waals surface area (Å²) in [5.41, 5.74) is -0.428. The fourth-order valence-electron chi connectivity index (χ4n) is 3.29. The number of phenols is 1. The summed E-state index contributed by atoms with van der Waals surface area (Å²) in [5.74, 6) is -0.0937. The molecule has 146 valence electrons. The minimum Gasteiger partial charge on any atom is -0.507 e. The highest BCUT2D eigenvalue weighted by Gasteiger charge is 2.33. The Balaban J connectivity index is 1.92. The van der Waals surface area contributed by atoms with Gasteiger partial charge < -0.3 is 14.7 Å². The molecule has 3 rings (SSSR count). The van der Waals surface area contributed by atoms with Crippen molar-refractivity contribution in [2.24, 2.45) is 0 Å². The van der Waals surface area contributed by atoms with Gasteiger partial charge in [-0.1, -0.05) is 0 Å². The molecule has 0 saturated carbocycles. The van der Waals surface area contributed by atoms with Crippen LogP contribution in [0.3, 0.4) is 0 Å². The van der Waals surface area contributed by atoms with Gasteiger partial charge in [-0.3, -0.25) is 0 Å². The molecule has 1 aromatic heterocycles. The zero-order valence-electron chi connectivity index (χ0n) is 15.5. The normalized spacial score (nSPS) is 20.0. The van der Waals surface area contributed by atoms with E-state index in [1.165, 1.54) is 6.07 Å². The molecule has 0 bridgehead atoms. The molecular weight excluding hydrogens is 361 g/mol. The van der Waals surface area contributed by atoms with Gasteiger partial charge in [0, 0.05) is 18.7 Å². The number of hydrogen-bond acceptors (Lipinski definition) is 6. The number of benzene rings is 1. The second-order valence-electron chi connectivity index (χ2n) is 7.34. The van der Waals surface area contributed by atoms with Gasteiger partial charge in [0.2, 0.25) is 5.95 Å². The smallest absolute Gasteiger partial charge is 0.416 e. The average molecular weight is 382 g/mol. The first-order valence-corrected chi connectivity index (χ1v) is 8.51. The van der Waals surface area contributed by atoms with Gasteiger partial charge in [0.15, 0.2) is 0 Å². The standard InChI is InChI=1S/C18H21F3N4O2/c1-10-8-25(9-17(3,4)27-10)16-22-11(2)15(23-24-16)13-6-5-12(7-14(13)26)18(19,20)21/h5-7,10,26H,8-9H2,1-4H3/t10-/m0/s1. The maximum Gasteiger partial charge on any atom is 0.416 e. The lowest BCUT2D eigenvalue weighted by atomic mass is 10.1. The molecule has 0 unspecified atom stereocenters. The molecule has 0 amide bonds. The summed E-state index contributed by atoms with van der Waals surface area (Å²) in [6.07, 6.45) is -4.53. The average Bonchev–Trinajstić information content (AvgIpc) is 2.52. The predicted molar refractivity (Wildman–Crippen MR) is 93.5 cm³/mol. The van der Waals surface area contributed by atoms with Crippen LogP contribution in [0.25, 0.3) is 11.3 Å². The minimum atomic E-state index is -4.53. The summed E-state index contributed by atoms with van der Waals surface area (Å²) in [7, 11) is 0. The largest absolute Gasteiger partial charge is 0.507 e. The van der Waals surface area contributed by atoms with Crippen LogP contribution in [0.15, 0.2) is 18.2 Å². The number of morpholine rings is 1. The zero-order valence-corrected chi connectivity index (χ0v) is 15.5. The molecule has 27 heavy (non-hydrogen) atoms. The van der Waals surface area contributed by atoms with Crippen LogP contribution in [0.2, 0.25) is 0 Å². The fraction of sp³-hybridized carbons (Fsp3) is 0.500. The monoisotopic (exact) mass is 382 g/mol. The second kappa shape index (κ2) is 6.63. The number of nitrogens with zero attached hydrogens (tertiary/aromatic N) is 4. The first-order valence-electron chi connectivity index (χ1n) is 8.51. The highest BCUT2D eigenvalue weighted by atomic mass is 19.4. The molecule has 1 atom stereocenters. The number of aromatic nitrogens is 3. The van der Waals surface area contributed by atoms with Crippen molar-refractivity contribution < 1.29 is 23.0 Å². The van der Waals surface area contributed by atoms with Crippen LogP contribution in [0.5, 0.6) is 5.75 Å². The van der Waals surface area contributed by atoms with Crippen molar-refractivity contribution in [3.8, 4) is 17.0 Å². The molecule has 1 aliphatic rings. The van der Waals surface area contributed by atoms with Gasteiger partial charge in [-0.15, -0.1) is 10.2 Å². The highest BCUT2D eigenvalue weighted by Crippen LogP contribution is 2.36. The second-order valence-corrected chi connectivity index (χ2v) is 7.34. The molecule has 1 saturated heterocycles. The van der Waals surface area contributed by atoms with Crippen molar-refractivity contribution in [2.75, 3.05) is 18.0 Å². The molecule has 0 radical (unpaired) electrons. The van der Waals surface area contributed by atoms with Gasteiger partial charge in [-0.25, -0.2) is 4.98 Å². The molecule has 1 N–H and O–H groups in total. The van der Waals surface area contributed by atoms with Crippen LogP contribution >= 0.6 is 0 Å². The number of rotatable bonds is 2. The first kappa shape index (κ1) is 19.3. The fourth-order valence-corrected chi connectivity index (χ4v) is 3.29. The molecule has 9 heteroatoms. The third-order valence-corrected chi connectivity index (χ3v) is 4.28. The van der Waals surface area contributed by atoms with E-state index in [1.807, 2.05) is 25.7 Å². The zero-order chi connectivity index (χ0) is 20.0. The molecule has 1 fully saturated rings. The number of aryl methyl sites for hydroxylation is 1. The Bertz CT molecular complexity index is 855. The van der Waals surface area contributed by atoms with E-state index in [4.69, 9.17) is 4.74 Å². The van der Waals surface area contributed by atoms with Gasteiger partial charge >= 0.3 is 6.18 Å². The summed E-state index contributed by atoms with van der Waals surface area (Å²) in [6, 6.07) is 2.75. The third-order valence-electron chi connectivity index (χ3n) is 4.28. The number of alkyl halides is 3. The molecular formula is C18H21F3N4O2. The molecule has 2 aromatic rings. The van der Waals surface area contributed by atoms with Crippen molar-refractivity contribution in [3.05, 3.63) is 29.5 Å². The van der Waals surface area contributed by atoms with E-state index >= 15 is 0 Å². The highest BCUT2D eigenvalue weighted by molar-refractivity contribution is 5.69. The topological polar surface area (TPSA) is 71.4 Å². The van der Waals surface area contributed by atoms with E-state index in [1.54, 1.807) is 6.92 Å². The first-order chi connectivity index (χ1) is 12.5. The Morgan fingerprint density at radius 2 is 1.96 bits per heavy atom. The van der Waals surface area contributed by atoms with Crippen molar-refractivity contribution in [1.82, 2.24) is 15.2 Å². The van der Waals surface area contributed by atoms with Crippen LogP contribution in [0.4, 0.5) is 19.1 Å². The van der Waals surface area contributed by atoms with Crippen LogP contribution in [0.1, 0.15) is 32.0 Å². The Morgan fingerprint density at radius 1 is 1.26 bits per heavy atom. The number of halogens is 3. The van der Waals surface area contributed by atoms with E-state index in [-0.39, 0.29) is 23.0 Å². The molecule has 6 nitrogen and oxygen atoms in total. The summed E-state index contributed by atoms with van der Waals surface area (Å²) < 4.78 is 44.2. The van der Waals surface area contributed by atoms with E-state index in [2.05, 4.69) is 15.2 Å². The molecule has 1 aromatic carbocycles.